The molecule has 8 nitrogen and oxygen atoms in total. The molecule has 1 aliphatic carbocycles. The Morgan fingerprint density at radius 2 is 1.87 bits per heavy atom. The number of aromatic nitrogens is 3. The number of carbonyl (C=O) groups excluding carboxylic acids is 1. The first kappa shape index (κ1) is 19.5. The normalized spacial score (nSPS) is 17.8. The number of hydrogen-bond acceptors (Lipinski definition) is 4. The first-order chi connectivity index (χ1) is 14.3. The highest BCUT2D eigenvalue weighted by Gasteiger charge is 2.43. The lowest BCUT2D eigenvalue weighted by molar-refractivity contribution is -0.274. The number of hydrogen-bond donors (Lipinski definition) is 0. The Labute approximate surface area is 167 Å². The summed E-state index contributed by atoms with van der Waals surface area (Å²) in [5.41, 5.74) is 10.6. The standard InChI is InChI=1S/C19H13F3N6O2/c20-19(21,22)30-14-7-5-13(6-8-14)28-10-24-17(26-28)12-3-1-11(2-4-12)15-9-16(15)18(29)25-27-23/h1-8,10,15-16H,9H2/t15?,16-/m0/s1. The molecule has 0 bridgehead atoms. The molecule has 1 amide bonds. The summed E-state index contributed by atoms with van der Waals surface area (Å²) in [4.78, 5) is 18.4. The van der Waals surface area contributed by atoms with Crippen LogP contribution in [0.15, 0.2) is 60.0 Å². The summed E-state index contributed by atoms with van der Waals surface area (Å²) in [6.45, 7) is 0. The summed E-state index contributed by atoms with van der Waals surface area (Å²) in [6.07, 6.45) is -2.64. The van der Waals surface area contributed by atoms with Crippen molar-refractivity contribution in [3.8, 4) is 22.8 Å². The highest BCUT2D eigenvalue weighted by atomic mass is 19.4. The molecule has 2 atom stereocenters. The van der Waals surface area contributed by atoms with Crippen LogP contribution >= 0.6 is 0 Å². The predicted molar refractivity (Wildman–Crippen MR) is 98.5 cm³/mol. The molecular formula is C19H13F3N6O2. The molecule has 1 fully saturated rings. The number of nitrogens with zero attached hydrogens (tertiary/aromatic N) is 6. The number of carbonyl (C=O) groups is 1. The maximum absolute atomic E-state index is 12.2. The van der Waals surface area contributed by atoms with Crippen LogP contribution in [0.2, 0.25) is 0 Å². The van der Waals surface area contributed by atoms with Gasteiger partial charge in [-0.1, -0.05) is 24.3 Å². The van der Waals surface area contributed by atoms with Crippen molar-refractivity contribution in [2.24, 2.45) is 11.0 Å². The number of rotatable bonds is 5. The fourth-order valence-corrected chi connectivity index (χ4v) is 3.15. The Bertz CT molecular complexity index is 1120. The third-order valence-corrected chi connectivity index (χ3v) is 4.67. The van der Waals surface area contributed by atoms with E-state index in [1.807, 2.05) is 24.3 Å². The van der Waals surface area contributed by atoms with Crippen molar-refractivity contribution in [3.05, 3.63) is 70.9 Å². The van der Waals surface area contributed by atoms with Crippen molar-refractivity contribution in [2.45, 2.75) is 18.7 Å². The average molecular weight is 414 g/mol. The Balaban J connectivity index is 1.45. The average Bonchev–Trinajstić information content (AvgIpc) is 3.36. The number of azide groups is 1. The van der Waals surface area contributed by atoms with Gasteiger partial charge in [0, 0.05) is 16.4 Å². The largest absolute Gasteiger partial charge is 0.573 e. The molecule has 0 radical (unpaired) electrons. The quantitative estimate of drug-likeness (QED) is 0.340. The van der Waals surface area contributed by atoms with Crippen LogP contribution in [0.4, 0.5) is 13.2 Å². The van der Waals surface area contributed by atoms with Gasteiger partial charge in [-0.3, -0.25) is 4.79 Å². The van der Waals surface area contributed by atoms with Gasteiger partial charge in [-0.05, 0) is 52.8 Å². The number of ether oxygens (including phenoxy) is 1. The van der Waals surface area contributed by atoms with Crippen LogP contribution in [0, 0.1) is 5.92 Å². The fraction of sp³-hybridized carbons (Fsp3) is 0.211. The highest BCUT2D eigenvalue weighted by molar-refractivity contribution is 5.83. The summed E-state index contributed by atoms with van der Waals surface area (Å²) in [7, 11) is 0. The van der Waals surface area contributed by atoms with Gasteiger partial charge in [0.2, 0.25) is 5.91 Å². The van der Waals surface area contributed by atoms with Crippen molar-refractivity contribution >= 4 is 5.91 Å². The van der Waals surface area contributed by atoms with Crippen LogP contribution < -0.4 is 4.74 Å². The van der Waals surface area contributed by atoms with E-state index in [9.17, 15) is 18.0 Å². The molecule has 1 aliphatic rings. The van der Waals surface area contributed by atoms with E-state index in [1.165, 1.54) is 35.3 Å². The Hall–Kier alpha value is -3.85. The van der Waals surface area contributed by atoms with Crippen molar-refractivity contribution in [1.29, 1.82) is 0 Å². The topological polar surface area (TPSA) is 106 Å². The van der Waals surface area contributed by atoms with E-state index in [-0.39, 0.29) is 17.6 Å². The van der Waals surface area contributed by atoms with E-state index in [4.69, 9.17) is 5.53 Å². The van der Waals surface area contributed by atoms with Gasteiger partial charge in [-0.15, -0.1) is 18.3 Å². The van der Waals surface area contributed by atoms with Crippen LogP contribution in [0.3, 0.4) is 0 Å². The minimum atomic E-state index is -4.75. The molecule has 152 valence electrons. The van der Waals surface area contributed by atoms with Crippen molar-refractivity contribution in [3.63, 3.8) is 0 Å². The lowest BCUT2D eigenvalue weighted by Gasteiger charge is -2.09. The highest BCUT2D eigenvalue weighted by Crippen LogP contribution is 2.48. The smallest absolute Gasteiger partial charge is 0.406 e. The summed E-state index contributed by atoms with van der Waals surface area (Å²) < 4.78 is 42.0. The van der Waals surface area contributed by atoms with Gasteiger partial charge in [0.15, 0.2) is 5.82 Å². The maximum atomic E-state index is 12.2. The van der Waals surface area contributed by atoms with Gasteiger partial charge in [-0.25, -0.2) is 9.67 Å². The molecule has 30 heavy (non-hydrogen) atoms. The van der Waals surface area contributed by atoms with Gasteiger partial charge in [-0.2, -0.15) is 0 Å². The fourth-order valence-electron chi connectivity index (χ4n) is 3.15. The molecule has 0 saturated heterocycles. The summed E-state index contributed by atoms with van der Waals surface area (Å²) in [5, 5.41) is 7.48. The SMILES string of the molecule is [N-]=[N+]=NC(=O)[C@H]1CC1c1ccc(-c2ncn(-c3ccc(OC(F)(F)F)cc3)n2)cc1. The third-order valence-electron chi connectivity index (χ3n) is 4.67. The molecular weight excluding hydrogens is 401 g/mol. The first-order valence-corrected chi connectivity index (χ1v) is 8.81. The zero-order valence-electron chi connectivity index (χ0n) is 15.2. The summed E-state index contributed by atoms with van der Waals surface area (Å²) in [6, 6.07) is 12.7. The van der Waals surface area contributed by atoms with Crippen LogP contribution in [0.25, 0.3) is 27.5 Å². The van der Waals surface area contributed by atoms with Crippen LogP contribution in [-0.4, -0.2) is 27.0 Å². The second-order valence-electron chi connectivity index (χ2n) is 6.65. The molecule has 0 aliphatic heterocycles. The van der Waals surface area contributed by atoms with Gasteiger partial charge in [0.1, 0.15) is 12.1 Å². The molecule has 11 heteroatoms. The molecule has 1 aromatic heterocycles. The van der Waals surface area contributed by atoms with E-state index in [0.29, 0.717) is 17.9 Å². The summed E-state index contributed by atoms with van der Waals surface area (Å²) in [5.74, 6) is -0.554. The lowest BCUT2D eigenvalue weighted by atomic mass is 10.1. The lowest BCUT2D eigenvalue weighted by Crippen LogP contribution is -2.17. The van der Waals surface area contributed by atoms with E-state index in [2.05, 4.69) is 24.8 Å². The second-order valence-corrected chi connectivity index (χ2v) is 6.65. The number of amides is 1. The number of benzene rings is 2. The molecule has 1 unspecified atom stereocenters. The number of halogens is 3. The van der Waals surface area contributed by atoms with Gasteiger partial charge in [0.25, 0.3) is 0 Å². The zero-order valence-corrected chi connectivity index (χ0v) is 15.2. The maximum Gasteiger partial charge on any atom is 0.573 e. The van der Waals surface area contributed by atoms with E-state index in [0.717, 1.165) is 11.1 Å². The third kappa shape index (κ3) is 4.26. The van der Waals surface area contributed by atoms with Gasteiger partial charge in [0.05, 0.1) is 5.69 Å². The zero-order chi connectivity index (χ0) is 21.3. The van der Waals surface area contributed by atoms with Crippen molar-refractivity contribution in [2.75, 3.05) is 0 Å². The van der Waals surface area contributed by atoms with E-state index < -0.39 is 12.3 Å². The first-order valence-electron chi connectivity index (χ1n) is 8.81. The number of alkyl halides is 3. The Morgan fingerprint density at radius 3 is 2.50 bits per heavy atom. The predicted octanol–water partition coefficient (Wildman–Crippen LogP) is 4.77. The monoisotopic (exact) mass is 414 g/mol. The molecule has 1 saturated carbocycles. The minimum Gasteiger partial charge on any atom is -0.406 e. The van der Waals surface area contributed by atoms with E-state index >= 15 is 0 Å². The van der Waals surface area contributed by atoms with Crippen LogP contribution in [0.1, 0.15) is 17.9 Å². The van der Waals surface area contributed by atoms with Gasteiger partial charge >= 0.3 is 6.36 Å². The van der Waals surface area contributed by atoms with Crippen LogP contribution in [-0.2, 0) is 4.79 Å². The molecule has 3 aromatic rings. The van der Waals surface area contributed by atoms with Crippen molar-refractivity contribution in [1.82, 2.24) is 14.8 Å². The minimum absolute atomic E-state index is 0.0417. The second kappa shape index (κ2) is 7.53. The Kier molecular flexibility index (Phi) is 4.88. The molecule has 1 heterocycles. The Morgan fingerprint density at radius 1 is 1.17 bits per heavy atom. The summed E-state index contributed by atoms with van der Waals surface area (Å²) >= 11 is 0. The molecule has 0 spiro atoms. The molecule has 4 rings (SSSR count). The van der Waals surface area contributed by atoms with Crippen LogP contribution in [0.5, 0.6) is 5.75 Å². The van der Waals surface area contributed by atoms with Crippen molar-refractivity contribution < 1.29 is 22.7 Å². The molecule has 0 N–H and O–H groups in total. The van der Waals surface area contributed by atoms with Gasteiger partial charge < -0.3 is 4.74 Å². The van der Waals surface area contributed by atoms with E-state index in [1.54, 1.807) is 0 Å². The molecule has 2 aromatic carbocycles.